The molecule has 1 saturated heterocycles. The Morgan fingerprint density at radius 1 is 1.17 bits per heavy atom. The molecule has 0 aliphatic carbocycles. The van der Waals surface area contributed by atoms with E-state index in [0.29, 0.717) is 6.54 Å². The number of nitrogens with zero attached hydrogens (tertiary/aromatic N) is 3. The highest BCUT2D eigenvalue weighted by Crippen LogP contribution is 2.20. The third kappa shape index (κ3) is 4.54. The van der Waals surface area contributed by atoms with Crippen molar-refractivity contribution in [2.24, 2.45) is 5.92 Å². The second-order valence-electron chi connectivity index (χ2n) is 6.21. The van der Waals surface area contributed by atoms with Crippen LogP contribution in [0.2, 0.25) is 0 Å². The smallest absolute Gasteiger partial charge is 0.225 e. The first-order valence-corrected chi connectivity index (χ1v) is 8.66. The number of anilines is 1. The Balaban J connectivity index is 1.43. The summed E-state index contributed by atoms with van der Waals surface area (Å²) in [6, 6.07) is 12.2. The average Bonchev–Trinajstić information content (AvgIpc) is 2.67. The molecule has 0 radical (unpaired) electrons. The van der Waals surface area contributed by atoms with Gasteiger partial charge in [-0.05, 0) is 37.3 Å². The number of rotatable bonds is 6. The minimum absolute atomic E-state index is 0.0271. The number of hydrogen-bond acceptors (Lipinski definition) is 4. The molecule has 1 atom stereocenters. The molecule has 2 aromatic rings. The maximum absolute atomic E-state index is 12.4. The predicted octanol–water partition coefficient (Wildman–Crippen LogP) is 2.44. The van der Waals surface area contributed by atoms with Gasteiger partial charge in [0.1, 0.15) is 0 Å². The minimum Gasteiger partial charge on any atom is -0.356 e. The zero-order valence-electron chi connectivity index (χ0n) is 13.9. The molecule has 3 rings (SSSR count). The van der Waals surface area contributed by atoms with Crippen LogP contribution in [-0.2, 0) is 11.2 Å². The number of amides is 1. The molecular weight excluding hydrogens is 300 g/mol. The van der Waals surface area contributed by atoms with Gasteiger partial charge in [-0.1, -0.05) is 30.3 Å². The van der Waals surface area contributed by atoms with Gasteiger partial charge in [0.05, 0.1) is 5.92 Å². The van der Waals surface area contributed by atoms with Crippen LogP contribution < -0.4 is 10.2 Å². The van der Waals surface area contributed by atoms with Crippen molar-refractivity contribution >= 4 is 11.9 Å². The predicted molar refractivity (Wildman–Crippen MR) is 94.7 cm³/mol. The highest BCUT2D eigenvalue weighted by Gasteiger charge is 2.26. The normalized spacial score (nSPS) is 17.5. The summed E-state index contributed by atoms with van der Waals surface area (Å²) in [5, 5.41) is 3.09. The van der Waals surface area contributed by atoms with Gasteiger partial charge >= 0.3 is 0 Å². The molecule has 5 heteroatoms. The van der Waals surface area contributed by atoms with E-state index in [0.717, 1.165) is 44.7 Å². The van der Waals surface area contributed by atoms with E-state index in [-0.39, 0.29) is 11.8 Å². The van der Waals surface area contributed by atoms with Crippen LogP contribution in [0.25, 0.3) is 0 Å². The van der Waals surface area contributed by atoms with Gasteiger partial charge < -0.3 is 10.2 Å². The fraction of sp³-hybridized carbons (Fsp3) is 0.421. The van der Waals surface area contributed by atoms with Gasteiger partial charge in [0.15, 0.2) is 0 Å². The number of hydrogen-bond donors (Lipinski definition) is 1. The van der Waals surface area contributed by atoms with Crippen LogP contribution in [0.4, 0.5) is 5.95 Å². The first-order valence-electron chi connectivity index (χ1n) is 8.66. The van der Waals surface area contributed by atoms with Crippen molar-refractivity contribution in [3.8, 4) is 0 Å². The molecule has 5 nitrogen and oxygen atoms in total. The van der Waals surface area contributed by atoms with E-state index < -0.39 is 0 Å². The third-order valence-electron chi connectivity index (χ3n) is 4.41. The molecule has 0 saturated carbocycles. The number of benzene rings is 1. The van der Waals surface area contributed by atoms with Crippen LogP contribution in [-0.4, -0.2) is 35.5 Å². The summed E-state index contributed by atoms with van der Waals surface area (Å²) < 4.78 is 0. The third-order valence-corrected chi connectivity index (χ3v) is 4.41. The lowest BCUT2D eigenvalue weighted by Gasteiger charge is -2.31. The van der Waals surface area contributed by atoms with Gasteiger partial charge in [-0.15, -0.1) is 0 Å². The Morgan fingerprint density at radius 3 is 2.75 bits per heavy atom. The van der Waals surface area contributed by atoms with Gasteiger partial charge in [-0.3, -0.25) is 4.79 Å². The maximum Gasteiger partial charge on any atom is 0.225 e. The molecule has 1 aliphatic heterocycles. The molecule has 0 bridgehead atoms. The summed E-state index contributed by atoms with van der Waals surface area (Å²) in [5.41, 5.74) is 1.32. The summed E-state index contributed by atoms with van der Waals surface area (Å²) in [6.07, 6.45) is 7.39. The Hall–Kier alpha value is -2.43. The van der Waals surface area contributed by atoms with Gasteiger partial charge in [-0.25, -0.2) is 9.97 Å². The van der Waals surface area contributed by atoms with E-state index >= 15 is 0 Å². The SMILES string of the molecule is O=C(NCCCc1ccccc1)[C@H]1CCCN(c2ncccn2)C1. The van der Waals surface area contributed by atoms with Crippen molar-refractivity contribution < 1.29 is 4.79 Å². The molecule has 0 unspecified atom stereocenters. The lowest BCUT2D eigenvalue weighted by molar-refractivity contribution is -0.125. The van der Waals surface area contributed by atoms with E-state index in [9.17, 15) is 4.79 Å². The van der Waals surface area contributed by atoms with E-state index in [4.69, 9.17) is 0 Å². The molecule has 1 N–H and O–H groups in total. The van der Waals surface area contributed by atoms with Crippen molar-refractivity contribution in [3.63, 3.8) is 0 Å². The molecule has 1 aliphatic rings. The molecule has 1 aromatic heterocycles. The number of piperidine rings is 1. The standard InChI is InChI=1S/C19H24N4O/c24-18(20-11-4-9-16-7-2-1-3-8-16)17-10-5-14-23(15-17)19-21-12-6-13-22-19/h1-3,6-8,12-13,17H,4-5,9-11,14-15H2,(H,20,24)/t17-/m0/s1. The Morgan fingerprint density at radius 2 is 1.96 bits per heavy atom. The van der Waals surface area contributed by atoms with Gasteiger partial charge in [-0.2, -0.15) is 0 Å². The van der Waals surface area contributed by atoms with Crippen molar-refractivity contribution in [2.75, 3.05) is 24.5 Å². The lowest BCUT2D eigenvalue weighted by atomic mass is 9.97. The zero-order chi connectivity index (χ0) is 16.6. The van der Waals surface area contributed by atoms with Crippen LogP contribution >= 0.6 is 0 Å². The second kappa shape index (κ2) is 8.43. The van der Waals surface area contributed by atoms with Crippen molar-refractivity contribution in [1.29, 1.82) is 0 Å². The average molecular weight is 324 g/mol. The first kappa shape index (κ1) is 16.4. The summed E-state index contributed by atoms with van der Waals surface area (Å²) in [5.74, 6) is 0.905. The molecule has 1 amide bonds. The van der Waals surface area contributed by atoms with E-state index in [1.54, 1.807) is 12.4 Å². The fourth-order valence-electron chi connectivity index (χ4n) is 3.12. The van der Waals surface area contributed by atoms with E-state index in [2.05, 4.69) is 44.5 Å². The Labute approximate surface area is 143 Å². The Kier molecular flexibility index (Phi) is 5.77. The molecular formula is C19H24N4O. The lowest BCUT2D eigenvalue weighted by Crippen LogP contribution is -2.43. The quantitative estimate of drug-likeness (QED) is 0.829. The van der Waals surface area contributed by atoms with Gasteiger partial charge in [0.2, 0.25) is 11.9 Å². The van der Waals surface area contributed by atoms with E-state index in [1.165, 1.54) is 5.56 Å². The highest BCUT2D eigenvalue weighted by molar-refractivity contribution is 5.79. The topological polar surface area (TPSA) is 58.1 Å². The summed E-state index contributed by atoms with van der Waals surface area (Å²) >= 11 is 0. The van der Waals surface area contributed by atoms with Crippen LogP contribution in [0.3, 0.4) is 0 Å². The second-order valence-corrected chi connectivity index (χ2v) is 6.21. The maximum atomic E-state index is 12.4. The molecule has 126 valence electrons. The summed E-state index contributed by atoms with van der Waals surface area (Å²) in [6.45, 7) is 2.35. The van der Waals surface area contributed by atoms with E-state index in [1.807, 2.05) is 12.1 Å². The minimum atomic E-state index is 0.0271. The van der Waals surface area contributed by atoms with Crippen LogP contribution in [0.15, 0.2) is 48.8 Å². The van der Waals surface area contributed by atoms with Crippen molar-refractivity contribution in [2.45, 2.75) is 25.7 Å². The van der Waals surface area contributed by atoms with Gasteiger partial charge in [0.25, 0.3) is 0 Å². The number of nitrogens with one attached hydrogen (secondary N) is 1. The zero-order valence-corrected chi connectivity index (χ0v) is 13.9. The molecule has 1 fully saturated rings. The number of carbonyl (C=O) groups is 1. The van der Waals surface area contributed by atoms with Crippen LogP contribution in [0.1, 0.15) is 24.8 Å². The van der Waals surface area contributed by atoms with Crippen LogP contribution in [0, 0.1) is 5.92 Å². The van der Waals surface area contributed by atoms with Crippen molar-refractivity contribution in [1.82, 2.24) is 15.3 Å². The number of aromatic nitrogens is 2. The Bertz CT molecular complexity index is 632. The molecule has 2 heterocycles. The summed E-state index contributed by atoms with van der Waals surface area (Å²) in [7, 11) is 0. The fourth-order valence-corrected chi connectivity index (χ4v) is 3.12. The molecule has 24 heavy (non-hydrogen) atoms. The van der Waals surface area contributed by atoms with Crippen molar-refractivity contribution in [3.05, 3.63) is 54.4 Å². The first-order chi connectivity index (χ1) is 11.8. The summed E-state index contributed by atoms with van der Waals surface area (Å²) in [4.78, 5) is 23.1. The molecule has 1 aromatic carbocycles. The number of aryl methyl sites for hydroxylation is 1. The molecule has 0 spiro atoms. The van der Waals surface area contributed by atoms with Gasteiger partial charge in [0, 0.05) is 32.0 Å². The van der Waals surface area contributed by atoms with Crippen LogP contribution in [0.5, 0.6) is 0 Å². The number of carbonyl (C=O) groups excluding carboxylic acids is 1. The monoisotopic (exact) mass is 324 g/mol. The highest BCUT2D eigenvalue weighted by atomic mass is 16.1. The largest absolute Gasteiger partial charge is 0.356 e.